The Morgan fingerprint density at radius 3 is 2.92 bits per heavy atom. The van der Waals surface area contributed by atoms with Crippen LogP contribution < -0.4 is 5.32 Å². The van der Waals surface area contributed by atoms with Crippen molar-refractivity contribution in [2.45, 2.75) is 32.0 Å². The third-order valence-corrected chi connectivity index (χ3v) is 4.94. The Kier molecular flexibility index (Phi) is 5.00. The van der Waals surface area contributed by atoms with Gasteiger partial charge in [-0.15, -0.1) is 21.5 Å². The molecule has 24 heavy (non-hydrogen) atoms. The van der Waals surface area contributed by atoms with Crippen molar-refractivity contribution in [2.24, 2.45) is 0 Å². The SMILES string of the molecule is Cc1csc(NC(=O)CSc2nnc(-c3ccco3)n2C(C)C)n1. The van der Waals surface area contributed by atoms with Crippen LogP contribution in [0.2, 0.25) is 0 Å². The van der Waals surface area contributed by atoms with Gasteiger partial charge in [-0.3, -0.25) is 9.36 Å². The fourth-order valence-corrected chi connectivity index (χ4v) is 3.68. The zero-order valence-corrected chi connectivity index (χ0v) is 15.1. The molecule has 0 atom stereocenters. The Bertz CT molecular complexity index is 823. The van der Waals surface area contributed by atoms with Gasteiger partial charge in [-0.25, -0.2) is 4.98 Å². The zero-order valence-electron chi connectivity index (χ0n) is 13.5. The monoisotopic (exact) mass is 363 g/mol. The van der Waals surface area contributed by atoms with Gasteiger partial charge in [0.2, 0.25) is 11.7 Å². The number of amides is 1. The number of nitrogens with zero attached hydrogens (tertiary/aromatic N) is 4. The summed E-state index contributed by atoms with van der Waals surface area (Å²) in [6.07, 6.45) is 1.60. The van der Waals surface area contributed by atoms with Crippen LogP contribution in [0.5, 0.6) is 0 Å². The Labute approximate surface area is 147 Å². The predicted octanol–water partition coefficient (Wildman–Crippen LogP) is 3.61. The van der Waals surface area contributed by atoms with Crippen LogP contribution in [0.3, 0.4) is 0 Å². The van der Waals surface area contributed by atoms with E-state index in [1.165, 1.54) is 23.1 Å². The van der Waals surface area contributed by atoms with Crippen molar-refractivity contribution in [3.05, 3.63) is 29.5 Å². The average molecular weight is 363 g/mol. The van der Waals surface area contributed by atoms with Crippen LogP contribution in [-0.2, 0) is 4.79 Å². The number of nitrogens with one attached hydrogen (secondary N) is 1. The van der Waals surface area contributed by atoms with Crippen LogP contribution in [0.1, 0.15) is 25.6 Å². The van der Waals surface area contributed by atoms with E-state index in [0.717, 1.165) is 5.69 Å². The second-order valence-corrected chi connectivity index (χ2v) is 7.18. The molecule has 0 saturated heterocycles. The Hall–Kier alpha value is -2.13. The second kappa shape index (κ2) is 7.18. The number of carbonyl (C=O) groups is 1. The summed E-state index contributed by atoms with van der Waals surface area (Å²) in [5.74, 6) is 1.44. The molecule has 3 heterocycles. The quantitative estimate of drug-likeness (QED) is 0.673. The van der Waals surface area contributed by atoms with E-state index in [2.05, 4.69) is 20.5 Å². The summed E-state index contributed by atoms with van der Waals surface area (Å²) in [6, 6.07) is 3.80. The van der Waals surface area contributed by atoms with Crippen molar-refractivity contribution < 1.29 is 9.21 Å². The van der Waals surface area contributed by atoms with E-state index in [9.17, 15) is 4.79 Å². The summed E-state index contributed by atoms with van der Waals surface area (Å²) in [5.41, 5.74) is 0.894. The van der Waals surface area contributed by atoms with Crippen molar-refractivity contribution in [3.63, 3.8) is 0 Å². The van der Waals surface area contributed by atoms with Crippen LogP contribution in [0.25, 0.3) is 11.6 Å². The lowest BCUT2D eigenvalue weighted by molar-refractivity contribution is -0.113. The van der Waals surface area contributed by atoms with Gasteiger partial charge >= 0.3 is 0 Å². The van der Waals surface area contributed by atoms with E-state index in [1.807, 2.05) is 42.9 Å². The highest BCUT2D eigenvalue weighted by molar-refractivity contribution is 7.99. The highest BCUT2D eigenvalue weighted by Crippen LogP contribution is 2.28. The third kappa shape index (κ3) is 3.68. The first-order chi connectivity index (χ1) is 11.5. The molecular weight excluding hydrogens is 346 g/mol. The Morgan fingerprint density at radius 2 is 2.29 bits per heavy atom. The number of hydrogen-bond acceptors (Lipinski definition) is 7. The summed E-state index contributed by atoms with van der Waals surface area (Å²) < 4.78 is 7.37. The highest BCUT2D eigenvalue weighted by atomic mass is 32.2. The molecule has 0 aromatic carbocycles. The van der Waals surface area contributed by atoms with Crippen molar-refractivity contribution in [2.75, 3.05) is 11.1 Å². The lowest BCUT2D eigenvalue weighted by Crippen LogP contribution is -2.15. The summed E-state index contributed by atoms with van der Waals surface area (Å²) in [5, 5.41) is 14.4. The fourth-order valence-electron chi connectivity index (χ4n) is 2.11. The molecule has 0 saturated carbocycles. The van der Waals surface area contributed by atoms with Crippen molar-refractivity contribution in [1.29, 1.82) is 0 Å². The van der Waals surface area contributed by atoms with Gasteiger partial charge in [0.05, 0.1) is 17.7 Å². The molecule has 0 aliphatic rings. The number of aromatic nitrogens is 4. The first-order valence-electron chi connectivity index (χ1n) is 7.38. The summed E-state index contributed by atoms with van der Waals surface area (Å²) in [6.45, 7) is 5.97. The highest BCUT2D eigenvalue weighted by Gasteiger charge is 2.19. The number of aryl methyl sites for hydroxylation is 1. The van der Waals surface area contributed by atoms with Crippen LogP contribution >= 0.6 is 23.1 Å². The number of thioether (sulfide) groups is 1. The number of anilines is 1. The molecule has 3 aromatic heterocycles. The first kappa shape index (κ1) is 16.7. The van der Waals surface area contributed by atoms with E-state index >= 15 is 0 Å². The summed E-state index contributed by atoms with van der Waals surface area (Å²) in [4.78, 5) is 16.3. The smallest absolute Gasteiger partial charge is 0.236 e. The van der Waals surface area contributed by atoms with Gasteiger partial charge in [-0.05, 0) is 32.9 Å². The van der Waals surface area contributed by atoms with Crippen LogP contribution in [0.15, 0.2) is 33.3 Å². The molecule has 0 spiro atoms. The van der Waals surface area contributed by atoms with Gasteiger partial charge in [0.1, 0.15) is 0 Å². The maximum Gasteiger partial charge on any atom is 0.236 e. The third-order valence-electron chi connectivity index (χ3n) is 3.12. The molecule has 0 unspecified atom stereocenters. The van der Waals surface area contributed by atoms with Gasteiger partial charge in [0, 0.05) is 11.4 Å². The van der Waals surface area contributed by atoms with E-state index < -0.39 is 0 Å². The average Bonchev–Trinajstić information content (AvgIpc) is 3.24. The molecule has 0 aliphatic carbocycles. The van der Waals surface area contributed by atoms with Gasteiger partial charge in [0.25, 0.3) is 0 Å². The van der Waals surface area contributed by atoms with Gasteiger partial charge in [0.15, 0.2) is 16.0 Å². The second-order valence-electron chi connectivity index (χ2n) is 5.38. The maximum absolute atomic E-state index is 12.1. The molecule has 1 N–H and O–H groups in total. The summed E-state index contributed by atoms with van der Waals surface area (Å²) in [7, 11) is 0. The van der Waals surface area contributed by atoms with Crippen LogP contribution in [0.4, 0.5) is 5.13 Å². The normalized spacial score (nSPS) is 11.2. The minimum absolute atomic E-state index is 0.118. The van der Waals surface area contributed by atoms with Crippen molar-refractivity contribution >= 4 is 34.1 Å². The molecular formula is C15H17N5O2S2. The molecule has 1 amide bonds. The topological polar surface area (TPSA) is 85.8 Å². The maximum atomic E-state index is 12.1. The zero-order chi connectivity index (χ0) is 17.1. The van der Waals surface area contributed by atoms with E-state index in [1.54, 1.807) is 6.26 Å². The molecule has 126 valence electrons. The molecule has 3 aromatic rings. The Balaban J connectivity index is 1.70. The van der Waals surface area contributed by atoms with E-state index in [0.29, 0.717) is 21.9 Å². The van der Waals surface area contributed by atoms with Crippen molar-refractivity contribution in [1.82, 2.24) is 19.7 Å². The molecule has 0 fully saturated rings. The number of hydrogen-bond donors (Lipinski definition) is 1. The molecule has 0 radical (unpaired) electrons. The number of rotatable bonds is 6. The van der Waals surface area contributed by atoms with E-state index in [-0.39, 0.29) is 17.7 Å². The molecule has 3 rings (SSSR count). The number of furan rings is 1. The molecule has 0 bridgehead atoms. The predicted molar refractivity (Wildman–Crippen MR) is 94.3 cm³/mol. The minimum atomic E-state index is -0.118. The van der Waals surface area contributed by atoms with Crippen molar-refractivity contribution in [3.8, 4) is 11.6 Å². The lowest BCUT2D eigenvalue weighted by atomic mass is 10.3. The molecule has 9 heteroatoms. The minimum Gasteiger partial charge on any atom is -0.461 e. The van der Waals surface area contributed by atoms with Gasteiger partial charge in [-0.2, -0.15) is 0 Å². The molecule has 7 nitrogen and oxygen atoms in total. The van der Waals surface area contributed by atoms with Crippen LogP contribution in [0, 0.1) is 6.92 Å². The lowest BCUT2D eigenvalue weighted by Gasteiger charge is -2.12. The molecule has 0 aliphatic heterocycles. The standard InChI is InChI=1S/C15H17N5O2S2/c1-9(2)20-13(11-5-4-6-22-11)18-19-15(20)24-8-12(21)17-14-16-10(3)7-23-14/h4-7,9H,8H2,1-3H3,(H,16,17,21). The largest absolute Gasteiger partial charge is 0.461 e. The fraction of sp³-hybridized carbons (Fsp3) is 0.333. The Morgan fingerprint density at radius 1 is 1.46 bits per heavy atom. The van der Waals surface area contributed by atoms with Crippen LogP contribution in [-0.4, -0.2) is 31.4 Å². The number of carbonyl (C=O) groups excluding carboxylic acids is 1. The van der Waals surface area contributed by atoms with Gasteiger partial charge < -0.3 is 9.73 Å². The van der Waals surface area contributed by atoms with Gasteiger partial charge in [-0.1, -0.05) is 11.8 Å². The first-order valence-corrected chi connectivity index (χ1v) is 9.24. The number of thiazole rings is 1. The summed E-state index contributed by atoms with van der Waals surface area (Å²) >= 11 is 2.75. The van der Waals surface area contributed by atoms with E-state index in [4.69, 9.17) is 4.42 Å².